The average molecular weight is 473 g/mol. The molecular weight excluding hydrogens is 447 g/mol. The Balaban J connectivity index is 0.00000218. The molecule has 0 amide bonds. The van der Waals surface area contributed by atoms with E-state index in [0.717, 1.165) is 0 Å². The molecule has 0 aromatic heterocycles. The Morgan fingerprint density at radius 3 is 1.47 bits per heavy atom. The molecule has 2 heteroatoms. The lowest BCUT2D eigenvalue weighted by Gasteiger charge is -2.38. The highest BCUT2D eigenvalue weighted by Gasteiger charge is 2.53. The molecule has 1 atom stereocenters. The topological polar surface area (TPSA) is 0 Å². The smallest absolute Gasteiger partial charge is 0.119 e. The highest BCUT2D eigenvalue weighted by molar-refractivity contribution is 7.96. The number of benzene rings is 4. The van der Waals surface area contributed by atoms with E-state index in [1.165, 1.54) is 40.7 Å². The van der Waals surface area contributed by atoms with Crippen LogP contribution in [0.3, 0.4) is 0 Å². The predicted octanol–water partition coefficient (Wildman–Crippen LogP) is 3.06. The first-order valence-corrected chi connectivity index (χ1v) is 12.4. The summed E-state index contributed by atoms with van der Waals surface area (Å²) in [5.74, 6) is 0. The third-order valence-electron chi connectivity index (χ3n) is 6.30. The summed E-state index contributed by atoms with van der Waals surface area (Å²) in [4.78, 5) is 0. The summed E-state index contributed by atoms with van der Waals surface area (Å²) in [6, 6.07) is 43.1. The zero-order chi connectivity index (χ0) is 19.5. The van der Waals surface area contributed by atoms with Crippen molar-refractivity contribution >= 4 is 23.2 Å². The highest BCUT2D eigenvalue weighted by Crippen LogP contribution is 2.69. The Hall–Kier alpha value is -2.21. The molecule has 0 saturated heterocycles. The van der Waals surface area contributed by atoms with Crippen LogP contribution in [-0.4, -0.2) is 0 Å². The van der Waals surface area contributed by atoms with Crippen molar-refractivity contribution < 1.29 is 17.0 Å². The maximum Gasteiger partial charge on any atom is 0.119 e. The molecule has 0 N–H and O–H groups in total. The van der Waals surface area contributed by atoms with Crippen LogP contribution in [0.5, 0.6) is 0 Å². The maximum atomic E-state index is 2.39. The number of fused-ring (bicyclic) bond motifs is 1. The molecule has 150 valence electrons. The molecule has 1 unspecified atom stereocenters. The zero-order valence-electron chi connectivity index (χ0n) is 17.0. The summed E-state index contributed by atoms with van der Waals surface area (Å²) in [5.41, 5.74) is 3.61. The second kappa shape index (κ2) is 9.29. The Labute approximate surface area is 191 Å². The van der Waals surface area contributed by atoms with Crippen molar-refractivity contribution in [3.05, 3.63) is 126 Å². The van der Waals surface area contributed by atoms with Crippen molar-refractivity contribution in [1.82, 2.24) is 0 Å². The van der Waals surface area contributed by atoms with Gasteiger partial charge in [-0.1, -0.05) is 78.9 Å². The van der Waals surface area contributed by atoms with Gasteiger partial charge in [0.25, 0.3) is 0 Å². The fraction of sp³-hybridized carbons (Fsp3) is 0.143. The molecule has 0 fully saturated rings. The molecule has 0 bridgehead atoms. The average Bonchev–Trinajstić information content (AvgIpc) is 2.82. The van der Waals surface area contributed by atoms with E-state index in [0.29, 0.717) is 5.66 Å². The van der Waals surface area contributed by atoms with Crippen LogP contribution in [0.25, 0.3) is 0 Å². The van der Waals surface area contributed by atoms with Gasteiger partial charge in [-0.3, -0.25) is 0 Å². The third-order valence-corrected chi connectivity index (χ3v) is 11.1. The van der Waals surface area contributed by atoms with Gasteiger partial charge in [0.1, 0.15) is 28.8 Å². The molecule has 0 spiro atoms. The normalized spacial score (nSPS) is 15.7. The van der Waals surface area contributed by atoms with E-state index in [-0.39, 0.29) is 17.0 Å². The van der Waals surface area contributed by atoms with Crippen LogP contribution in [0.4, 0.5) is 0 Å². The quantitative estimate of drug-likeness (QED) is 0.400. The molecule has 30 heavy (non-hydrogen) atoms. The first-order chi connectivity index (χ1) is 14.4. The molecule has 1 aliphatic rings. The highest BCUT2D eigenvalue weighted by atomic mass is 79.9. The van der Waals surface area contributed by atoms with Crippen LogP contribution in [0.15, 0.2) is 115 Å². The molecular formula is C28H26BrP. The van der Waals surface area contributed by atoms with Crippen LogP contribution in [-0.2, 0) is 6.42 Å². The summed E-state index contributed by atoms with van der Waals surface area (Å²) in [6.45, 7) is 0. The predicted molar refractivity (Wildman–Crippen MR) is 127 cm³/mol. The van der Waals surface area contributed by atoms with Crippen LogP contribution >= 0.6 is 7.26 Å². The molecule has 0 saturated carbocycles. The van der Waals surface area contributed by atoms with Gasteiger partial charge in [0.2, 0.25) is 0 Å². The summed E-state index contributed by atoms with van der Waals surface area (Å²) in [6.07, 6.45) is 3.70. The van der Waals surface area contributed by atoms with Crippen LogP contribution in [0.1, 0.15) is 29.6 Å². The Kier molecular flexibility index (Phi) is 6.52. The standard InChI is InChI=1S/C28H26P.BrH/c1-4-15-24(16-5-1)29(25-17-6-2-7-18-25,26-19-8-3-9-20-26)28-22-12-14-23-13-10-11-21-27(23)28;/h1-11,13,15-21,28H,12,14,22H2;1H/q+1;/p-1. The van der Waals surface area contributed by atoms with Crippen molar-refractivity contribution in [2.45, 2.75) is 24.9 Å². The minimum Gasteiger partial charge on any atom is -1.00 e. The van der Waals surface area contributed by atoms with Gasteiger partial charge >= 0.3 is 0 Å². The monoisotopic (exact) mass is 472 g/mol. The van der Waals surface area contributed by atoms with Gasteiger partial charge in [0, 0.05) is 0 Å². The van der Waals surface area contributed by atoms with Crippen molar-refractivity contribution in [2.75, 3.05) is 0 Å². The lowest BCUT2D eigenvalue weighted by atomic mass is 9.91. The molecule has 5 rings (SSSR count). The second-order valence-electron chi connectivity index (χ2n) is 7.84. The fourth-order valence-corrected chi connectivity index (χ4v) is 10.2. The van der Waals surface area contributed by atoms with Gasteiger partial charge in [-0.25, -0.2) is 0 Å². The van der Waals surface area contributed by atoms with E-state index in [9.17, 15) is 0 Å². The maximum absolute atomic E-state index is 2.39. The van der Waals surface area contributed by atoms with E-state index in [4.69, 9.17) is 0 Å². The second-order valence-corrected chi connectivity index (χ2v) is 11.5. The summed E-state index contributed by atoms with van der Waals surface area (Å²) >= 11 is 0. The minimum absolute atomic E-state index is 0. The molecule has 1 aliphatic carbocycles. The van der Waals surface area contributed by atoms with E-state index in [2.05, 4.69) is 115 Å². The van der Waals surface area contributed by atoms with E-state index >= 15 is 0 Å². The first-order valence-electron chi connectivity index (χ1n) is 10.5. The van der Waals surface area contributed by atoms with E-state index in [1.807, 2.05) is 0 Å². The Bertz CT molecular complexity index is 981. The van der Waals surface area contributed by atoms with Gasteiger partial charge < -0.3 is 17.0 Å². The van der Waals surface area contributed by atoms with Gasteiger partial charge in [0.05, 0.1) is 0 Å². The van der Waals surface area contributed by atoms with E-state index in [1.54, 1.807) is 5.56 Å². The summed E-state index contributed by atoms with van der Waals surface area (Å²) in [5, 5.41) is 4.46. The first kappa shape index (κ1) is 21.0. The lowest BCUT2D eigenvalue weighted by molar-refractivity contribution is -0.00000556. The van der Waals surface area contributed by atoms with Crippen LogP contribution in [0.2, 0.25) is 0 Å². The number of hydrogen-bond acceptors (Lipinski definition) is 0. The molecule has 0 nitrogen and oxygen atoms in total. The third kappa shape index (κ3) is 3.55. The largest absolute Gasteiger partial charge is 1.00 e. The summed E-state index contributed by atoms with van der Waals surface area (Å²) < 4.78 is 0. The van der Waals surface area contributed by atoms with Crippen molar-refractivity contribution in [3.63, 3.8) is 0 Å². The van der Waals surface area contributed by atoms with Gasteiger partial charge in [-0.2, -0.15) is 0 Å². The van der Waals surface area contributed by atoms with Gasteiger partial charge in [0.15, 0.2) is 0 Å². The van der Waals surface area contributed by atoms with Crippen LogP contribution < -0.4 is 32.9 Å². The van der Waals surface area contributed by atoms with Gasteiger partial charge in [-0.05, 0) is 66.8 Å². The minimum atomic E-state index is -1.86. The zero-order valence-corrected chi connectivity index (χ0v) is 19.5. The molecule has 0 heterocycles. The van der Waals surface area contributed by atoms with Crippen molar-refractivity contribution in [3.8, 4) is 0 Å². The molecule has 4 aromatic carbocycles. The number of halogens is 1. The fourth-order valence-electron chi connectivity index (χ4n) is 5.11. The van der Waals surface area contributed by atoms with Gasteiger partial charge in [-0.15, -0.1) is 0 Å². The van der Waals surface area contributed by atoms with Crippen molar-refractivity contribution in [2.24, 2.45) is 0 Å². The number of rotatable bonds is 4. The lowest BCUT2D eigenvalue weighted by Crippen LogP contribution is -3.00. The Morgan fingerprint density at radius 2 is 0.967 bits per heavy atom. The number of aryl methyl sites for hydroxylation is 1. The molecule has 4 aromatic rings. The number of hydrogen-bond donors (Lipinski definition) is 0. The molecule has 0 radical (unpaired) electrons. The molecule has 0 aliphatic heterocycles. The van der Waals surface area contributed by atoms with Crippen LogP contribution in [0, 0.1) is 0 Å². The van der Waals surface area contributed by atoms with Crippen molar-refractivity contribution in [1.29, 1.82) is 0 Å². The SMILES string of the molecule is [Br-].c1ccc([P+](c2ccccc2)(c2ccccc2)C2CCCc3ccccc32)cc1. The summed E-state index contributed by atoms with van der Waals surface area (Å²) in [7, 11) is -1.86. The Morgan fingerprint density at radius 1 is 0.533 bits per heavy atom. The van der Waals surface area contributed by atoms with E-state index < -0.39 is 7.26 Å².